The molecule has 7 atom stereocenters. The van der Waals surface area contributed by atoms with Crippen molar-refractivity contribution in [1.82, 2.24) is 20.4 Å². The monoisotopic (exact) mass is 928 g/mol. The maximum atomic E-state index is 16.8. The number of morpholine rings is 1. The number of hydrogen-bond donors (Lipinski definition) is 4. The predicted octanol–water partition coefficient (Wildman–Crippen LogP) is 7.01. The van der Waals surface area contributed by atoms with Gasteiger partial charge in [0.25, 0.3) is 0 Å². The largest absolute Gasteiger partial charge is 0.491 e. The first kappa shape index (κ1) is 46.6. The highest BCUT2D eigenvalue weighted by Crippen LogP contribution is 2.67. The molecular weight excluding hydrogens is 873 g/mol. The Morgan fingerprint density at radius 3 is 2.14 bits per heavy atom. The van der Waals surface area contributed by atoms with Crippen LogP contribution in [0.3, 0.4) is 0 Å². The van der Waals surface area contributed by atoms with Crippen LogP contribution in [0.25, 0.3) is 0 Å². The quantitative estimate of drug-likeness (QED) is 0.0846. The number of ether oxygens (including phenoxy) is 2. The Balaban J connectivity index is 1.36. The number of imide groups is 1. The lowest BCUT2D eigenvalue weighted by Crippen LogP contribution is -2.57. The summed E-state index contributed by atoms with van der Waals surface area (Å²) in [5.74, 6) is 3.07. The van der Waals surface area contributed by atoms with Crippen molar-refractivity contribution in [3.05, 3.63) is 167 Å². The molecule has 14 nitrogen and oxygen atoms in total. The van der Waals surface area contributed by atoms with Crippen LogP contribution in [0.15, 0.2) is 133 Å². The van der Waals surface area contributed by atoms with Gasteiger partial charge in [0.05, 0.1) is 42.9 Å². The van der Waals surface area contributed by atoms with Crippen molar-refractivity contribution in [2.24, 2.45) is 11.7 Å². The third-order valence-electron chi connectivity index (χ3n) is 13.9. The first-order valence-electron chi connectivity index (χ1n) is 23.7. The molecule has 4 aliphatic heterocycles. The molecule has 3 fully saturated rings. The Kier molecular flexibility index (Phi) is 13.8. The average molecular weight is 929 g/mol. The van der Waals surface area contributed by atoms with Gasteiger partial charge < -0.3 is 35.8 Å². The van der Waals surface area contributed by atoms with Gasteiger partial charge in [-0.25, -0.2) is 14.5 Å². The Bertz CT molecular complexity index is 2760. The molecule has 0 saturated carbocycles. The summed E-state index contributed by atoms with van der Waals surface area (Å²) >= 11 is 0. The van der Waals surface area contributed by atoms with Crippen molar-refractivity contribution in [2.45, 2.75) is 74.7 Å². The number of aliphatic hydroxyl groups is 1. The van der Waals surface area contributed by atoms with Crippen molar-refractivity contribution in [3.63, 3.8) is 0 Å². The molecule has 3 saturated heterocycles. The molecule has 5 aromatic rings. The topological polar surface area (TPSA) is 184 Å². The van der Waals surface area contributed by atoms with E-state index >= 15 is 19.2 Å². The Labute approximate surface area is 401 Å². The molecular formula is C55H56N6O8. The van der Waals surface area contributed by atoms with Crippen molar-refractivity contribution in [2.75, 3.05) is 37.7 Å². The van der Waals surface area contributed by atoms with Crippen LogP contribution in [0.5, 0.6) is 5.75 Å². The van der Waals surface area contributed by atoms with E-state index < -0.39 is 71.5 Å². The van der Waals surface area contributed by atoms with Crippen LogP contribution in [0.2, 0.25) is 0 Å². The lowest BCUT2D eigenvalue weighted by atomic mass is 9.64. The van der Waals surface area contributed by atoms with E-state index in [1.165, 1.54) is 0 Å². The molecule has 0 aliphatic carbocycles. The van der Waals surface area contributed by atoms with Crippen molar-refractivity contribution < 1.29 is 38.6 Å². The van der Waals surface area contributed by atoms with Crippen molar-refractivity contribution in [1.29, 1.82) is 0 Å². The second-order valence-electron chi connectivity index (χ2n) is 17.9. The van der Waals surface area contributed by atoms with Crippen LogP contribution < -0.4 is 26.0 Å². The van der Waals surface area contributed by atoms with Gasteiger partial charge in [-0.1, -0.05) is 140 Å². The van der Waals surface area contributed by atoms with Gasteiger partial charge in [-0.15, -0.1) is 0 Å². The molecule has 354 valence electrons. The highest BCUT2D eigenvalue weighted by Gasteiger charge is 2.76. The number of likely N-dealkylation sites (tertiary alicyclic amines) is 1. The fraction of sp³-hybridized carbons (Fsp3) is 0.327. The zero-order valence-corrected chi connectivity index (χ0v) is 38.5. The zero-order chi connectivity index (χ0) is 48.1. The number of aliphatic hydroxyl groups excluding tert-OH is 1. The number of esters is 1. The molecule has 4 heterocycles. The number of nitrogens with one attached hydrogen (secondary N) is 2. The van der Waals surface area contributed by atoms with Gasteiger partial charge in [-0.2, -0.15) is 0 Å². The number of urea groups is 2. The Morgan fingerprint density at radius 1 is 0.826 bits per heavy atom. The molecule has 5 N–H and O–H groups in total. The fourth-order valence-electron chi connectivity index (χ4n) is 10.9. The number of rotatable bonds is 10. The second kappa shape index (κ2) is 20.4. The van der Waals surface area contributed by atoms with Crippen molar-refractivity contribution >= 4 is 35.5 Å². The molecule has 4 aliphatic rings. The summed E-state index contributed by atoms with van der Waals surface area (Å²) < 4.78 is 13.0. The van der Waals surface area contributed by atoms with Gasteiger partial charge in [0.2, 0.25) is 11.8 Å². The van der Waals surface area contributed by atoms with Gasteiger partial charge in [0.1, 0.15) is 29.9 Å². The first-order chi connectivity index (χ1) is 33.6. The smallest absolute Gasteiger partial charge is 0.329 e. The van der Waals surface area contributed by atoms with Crippen LogP contribution in [-0.4, -0.2) is 83.6 Å². The first-order valence-corrected chi connectivity index (χ1v) is 23.7. The summed E-state index contributed by atoms with van der Waals surface area (Å²) in [4.78, 5) is 80.4. The summed E-state index contributed by atoms with van der Waals surface area (Å²) in [6.45, 7) is 2.15. The number of para-hydroxylation sites is 1. The van der Waals surface area contributed by atoms with Gasteiger partial charge in [-0.05, 0) is 66.3 Å². The minimum absolute atomic E-state index is 0.0714. The third-order valence-corrected chi connectivity index (χ3v) is 13.9. The summed E-state index contributed by atoms with van der Waals surface area (Å²) in [5.41, 5.74) is 6.99. The van der Waals surface area contributed by atoms with E-state index in [1.807, 2.05) is 115 Å². The van der Waals surface area contributed by atoms with Gasteiger partial charge in [-0.3, -0.25) is 19.3 Å². The van der Waals surface area contributed by atoms with Crippen LogP contribution in [0.4, 0.5) is 15.3 Å². The number of amides is 6. The molecule has 9 rings (SSSR count). The number of carbonyl (C=O) groups excluding carboxylic acids is 5. The molecule has 6 amide bonds. The average Bonchev–Trinajstić information content (AvgIpc) is 3.81. The molecule has 0 aromatic heterocycles. The summed E-state index contributed by atoms with van der Waals surface area (Å²) in [5, 5.41) is 15.7. The second-order valence-corrected chi connectivity index (χ2v) is 17.9. The highest BCUT2D eigenvalue weighted by molar-refractivity contribution is 6.24. The number of primary amides is 1. The van der Waals surface area contributed by atoms with E-state index in [0.717, 1.165) is 48.1 Å². The third kappa shape index (κ3) is 8.80. The SMILES string of the molecule is C[C@@H](NC(=O)N1C(=O)[C@@]2(c3cc(C#CCNC(N)=O)ccc31)[C@H](c1ccccc1OCCO)N1[C@H](c3ccccc3)[C@H](c3ccccc3)OC(=O)[C@H]1[C@@H]2C(=O)N1CCCCCCC1)c1ccccc1. The zero-order valence-electron chi connectivity index (χ0n) is 38.5. The Morgan fingerprint density at radius 2 is 1.46 bits per heavy atom. The standard InChI is InChI=1S/C55H56N6O8/c1-36(38-20-8-5-9-21-38)58-54(67)60-43-29-28-37(19-18-30-57-53(56)66)35-42(43)55(52(60)65)45(50(63)59-31-16-3-2-4-17-32-59)47-51(64)69-48(40-24-12-7-13-25-40)46(39-22-10-6-11-23-39)61(47)49(55)41-26-14-15-27-44(41)68-34-33-62/h5-15,20-29,35-36,45-49,62H,2-4,16-17,30-34H2,1H3,(H,58,67)(H3,56,57,66)/t36-,45-,46-,47-,48+,49+,55-/m1/s1. The number of cyclic esters (lactones) is 1. The molecule has 69 heavy (non-hydrogen) atoms. The minimum Gasteiger partial charge on any atom is -0.491 e. The minimum atomic E-state index is -2.04. The summed E-state index contributed by atoms with van der Waals surface area (Å²) in [6, 6.07) is 35.2. The number of hydrogen-bond acceptors (Lipinski definition) is 9. The van der Waals surface area contributed by atoms with Crippen molar-refractivity contribution in [3.8, 4) is 17.6 Å². The molecule has 0 radical (unpaired) electrons. The van der Waals surface area contributed by atoms with E-state index in [-0.39, 0.29) is 25.4 Å². The molecule has 0 unspecified atom stereocenters. The van der Waals surface area contributed by atoms with Crippen LogP contribution in [-0.2, 0) is 24.5 Å². The van der Waals surface area contributed by atoms with E-state index in [1.54, 1.807) is 35.2 Å². The van der Waals surface area contributed by atoms with E-state index in [4.69, 9.17) is 15.2 Å². The number of nitrogens with zero attached hydrogens (tertiary/aromatic N) is 3. The highest BCUT2D eigenvalue weighted by atomic mass is 16.6. The predicted molar refractivity (Wildman–Crippen MR) is 258 cm³/mol. The number of carbonyl (C=O) groups is 5. The number of fused-ring (bicyclic) bond motifs is 3. The Hall–Kier alpha value is -7.47. The van der Waals surface area contributed by atoms with Gasteiger partial charge >= 0.3 is 18.0 Å². The van der Waals surface area contributed by atoms with E-state index in [9.17, 15) is 9.90 Å². The van der Waals surface area contributed by atoms with Crippen LogP contribution in [0, 0.1) is 17.8 Å². The lowest BCUT2D eigenvalue weighted by molar-refractivity contribution is -0.179. The van der Waals surface area contributed by atoms with E-state index in [2.05, 4.69) is 22.5 Å². The number of nitrogens with two attached hydrogens (primary N) is 1. The molecule has 14 heteroatoms. The molecule has 5 aromatic carbocycles. The normalized spacial score (nSPS) is 23.6. The molecule has 1 spiro atoms. The fourth-order valence-corrected chi connectivity index (χ4v) is 10.9. The summed E-state index contributed by atoms with van der Waals surface area (Å²) in [7, 11) is 0. The summed E-state index contributed by atoms with van der Waals surface area (Å²) in [6.07, 6.45) is 3.38. The number of anilines is 1. The lowest BCUT2D eigenvalue weighted by Gasteiger charge is -2.46. The van der Waals surface area contributed by atoms with E-state index in [0.29, 0.717) is 41.1 Å². The van der Waals surface area contributed by atoms with Gasteiger partial charge in [0, 0.05) is 24.2 Å². The maximum absolute atomic E-state index is 16.8. The van der Waals surface area contributed by atoms with Crippen LogP contribution >= 0.6 is 0 Å². The molecule has 0 bridgehead atoms. The maximum Gasteiger partial charge on any atom is 0.329 e. The number of benzene rings is 5. The van der Waals surface area contributed by atoms with Gasteiger partial charge in [0.15, 0.2) is 0 Å². The van der Waals surface area contributed by atoms with Crippen LogP contribution in [0.1, 0.15) is 96.6 Å².